The first-order chi connectivity index (χ1) is 13.5. The molecular weight excluding hydrogens is 389 g/mol. The second-order valence-electron chi connectivity index (χ2n) is 6.56. The van der Waals surface area contributed by atoms with Gasteiger partial charge in [-0.15, -0.1) is 0 Å². The van der Waals surface area contributed by atoms with Crippen molar-refractivity contribution in [2.45, 2.75) is 6.92 Å². The standard InChI is InChI=1S/C24H17Cl2NO/c1-16-23(28)15-22(17-8-4-2-5-9-17)27(21-10-6-3-7-11-21)24(16)18-12-19(25)14-20(26)13-18/h2-15H,1H3. The number of pyridine rings is 1. The minimum atomic E-state index is -0.0304. The molecule has 0 fully saturated rings. The van der Waals surface area contributed by atoms with Crippen molar-refractivity contribution in [1.29, 1.82) is 0 Å². The fourth-order valence-electron chi connectivity index (χ4n) is 3.40. The van der Waals surface area contributed by atoms with Crippen molar-refractivity contribution in [1.82, 2.24) is 4.57 Å². The van der Waals surface area contributed by atoms with E-state index in [0.29, 0.717) is 15.6 Å². The summed E-state index contributed by atoms with van der Waals surface area (Å²) in [6, 6.07) is 26.9. The highest BCUT2D eigenvalue weighted by atomic mass is 35.5. The minimum Gasteiger partial charge on any atom is -0.309 e. The Labute approximate surface area is 173 Å². The second-order valence-corrected chi connectivity index (χ2v) is 7.44. The number of aromatic nitrogens is 1. The van der Waals surface area contributed by atoms with Gasteiger partial charge in [-0.05, 0) is 42.8 Å². The third-order valence-electron chi connectivity index (χ3n) is 4.68. The Morgan fingerprint density at radius 1 is 0.714 bits per heavy atom. The first-order valence-electron chi connectivity index (χ1n) is 8.88. The largest absolute Gasteiger partial charge is 0.309 e. The molecule has 0 atom stereocenters. The lowest BCUT2D eigenvalue weighted by Crippen LogP contribution is -2.15. The smallest absolute Gasteiger partial charge is 0.185 e. The van der Waals surface area contributed by atoms with E-state index in [1.54, 1.807) is 12.1 Å². The van der Waals surface area contributed by atoms with Crippen molar-refractivity contribution in [3.05, 3.63) is 111 Å². The summed E-state index contributed by atoms with van der Waals surface area (Å²) in [5, 5.41) is 1.05. The lowest BCUT2D eigenvalue weighted by molar-refractivity contribution is 1.04. The minimum absolute atomic E-state index is 0.0304. The van der Waals surface area contributed by atoms with Crippen LogP contribution in [0.2, 0.25) is 10.0 Å². The van der Waals surface area contributed by atoms with Gasteiger partial charge < -0.3 is 4.57 Å². The van der Waals surface area contributed by atoms with Gasteiger partial charge in [0.15, 0.2) is 5.43 Å². The van der Waals surface area contributed by atoms with Gasteiger partial charge in [-0.3, -0.25) is 4.79 Å². The van der Waals surface area contributed by atoms with E-state index in [9.17, 15) is 4.79 Å². The van der Waals surface area contributed by atoms with Crippen LogP contribution in [0.25, 0.3) is 28.2 Å². The molecule has 0 radical (unpaired) electrons. The molecule has 0 saturated carbocycles. The summed E-state index contributed by atoms with van der Waals surface area (Å²) in [4.78, 5) is 12.9. The Balaban J connectivity index is 2.16. The summed E-state index contributed by atoms with van der Waals surface area (Å²) >= 11 is 12.6. The molecule has 0 spiro atoms. The van der Waals surface area contributed by atoms with Gasteiger partial charge >= 0.3 is 0 Å². The number of nitrogens with zero attached hydrogens (tertiary/aromatic N) is 1. The van der Waals surface area contributed by atoms with Gasteiger partial charge in [0.2, 0.25) is 0 Å². The maximum atomic E-state index is 12.9. The number of hydrogen-bond acceptors (Lipinski definition) is 1. The Morgan fingerprint density at radius 2 is 1.29 bits per heavy atom. The predicted molar refractivity (Wildman–Crippen MR) is 118 cm³/mol. The molecule has 0 unspecified atom stereocenters. The molecule has 0 aliphatic rings. The van der Waals surface area contributed by atoms with Crippen LogP contribution in [-0.2, 0) is 0 Å². The quantitative estimate of drug-likeness (QED) is 0.367. The van der Waals surface area contributed by atoms with E-state index in [1.165, 1.54) is 0 Å². The van der Waals surface area contributed by atoms with E-state index in [1.807, 2.05) is 79.7 Å². The summed E-state index contributed by atoms with van der Waals surface area (Å²) in [5.74, 6) is 0. The lowest BCUT2D eigenvalue weighted by atomic mass is 10.0. The average molecular weight is 406 g/mol. The Kier molecular flexibility index (Phi) is 5.08. The highest BCUT2D eigenvalue weighted by Crippen LogP contribution is 2.34. The molecule has 2 nitrogen and oxygen atoms in total. The van der Waals surface area contributed by atoms with Gasteiger partial charge in [-0.2, -0.15) is 0 Å². The fourth-order valence-corrected chi connectivity index (χ4v) is 3.93. The Bertz CT molecular complexity index is 1180. The molecule has 4 aromatic rings. The van der Waals surface area contributed by atoms with E-state index >= 15 is 0 Å². The Morgan fingerprint density at radius 3 is 1.89 bits per heavy atom. The van der Waals surface area contributed by atoms with E-state index in [2.05, 4.69) is 4.57 Å². The maximum Gasteiger partial charge on any atom is 0.185 e. The van der Waals surface area contributed by atoms with Gasteiger partial charge in [-0.25, -0.2) is 0 Å². The van der Waals surface area contributed by atoms with Crippen LogP contribution in [0, 0.1) is 6.92 Å². The summed E-state index contributed by atoms with van der Waals surface area (Å²) in [6.07, 6.45) is 0. The highest BCUT2D eigenvalue weighted by Gasteiger charge is 2.18. The normalized spacial score (nSPS) is 10.8. The summed E-state index contributed by atoms with van der Waals surface area (Å²) in [7, 11) is 0. The number of hydrogen-bond donors (Lipinski definition) is 0. The topological polar surface area (TPSA) is 22.0 Å². The molecular formula is C24H17Cl2NO. The first kappa shape index (κ1) is 18.5. The molecule has 0 bridgehead atoms. The molecule has 0 saturated heterocycles. The van der Waals surface area contributed by atoms with E-state index < -0.39 is 0 Å². The van der Waals surface area contributed by atoms with Gasteiger partial charge in [0.25, 0.3) is 0 Å². The molecule has 138 valence electrons. The molecule has 0 N–H and O–H groups in total. The molecule has 0 aliphatic heterocycles. The van der Waals surface area contributed by atoms with Crippen molar-refractivity contribution in [2.75, 3.05) is 0 Å². The van der Waals surface area contributed by atoms with Crippen LogP contribution in [0.4, 0.5) is 0 Å². The van der Waals surface area contributed by atoms with E-state index in [4.69, 9.17) is 23.2 Å². The predicted octanol–water partition coefficient (Wildman–Crippen LogP) is 6.79. The van der Waals surface area contributed by atoms with Crippen LogP contribution in [-0.4, -0.2) is 4.57 Å². The second kappa shape index (κ2) is 7.67. The van der Waals surface area contributed by atoms with Crippen LogP contribution in [0.3, 0.4) is 0 Å². The van der Waals surface area contributed by atoms with Crippen molar-refractivity contribution in [3.8, 4) is 28.2 Å². The van der Waals surface area contributed by atoms with E-state index in [-0.39, 0.29) is 5.43 Å². The Hall–Kier alpha value is -2.81. The molecule has 4 rings (SSSR count). The van der Waals surface area contributed by atoms with Crippen LogP contribution >= 0.6 is 23.2 Å². The lowest BCUT2D eigenvalue weighted by Gasteiger charge is -2.21. The number of benzene rings is 3. The molecule has 28 heavy (non-hydrogen) atoms. The zero-order valence-corrected chi connectivity index (χ0v) is 16.7. The van der Waals surface area contributed by atoms with Gasteiger partial charge in [0.05, 0.1) is 11.4 Å². The monoisotopic (exact) mass is 405 g/mol. The number of halogens is 2. The fraction of sp³-hybridized carbons (Fsp3) is 0.0417. The van der Waals surface area contributed by atoms with Crippen molar-refractivity contribution in [2.24, 2.45) is 0 Å². The van der Waals surface area contributed by atoms with Crippen LogP contribution in [0.1, 0.15) is 5.56 Å². The third kappa shape index (κ3) is 3.49. The van der Waals surface area contributed by atoms with Crippen LogP contribution in [0.5, 0.6) is 0 Å². The molecule has 3 aromatic carbocycles. The first-order valence-corrected chi connectivity index (χ1v) is 9.64. The zero-order chi connectivity index (χ0) is 19.7. The van der Waals surface area contributed by atoms with Gasteiger partial charge in [0.1, 0.15) is 0 Å². The zero-order valence-electron chi connectivity index (χ0n) is 15.2. The maximum absolute atomic E-state index is 12.9. The van der Waals surface area contributed by atoms with Crippen molar-refractivity contribution >= 4 is 23.2 Å². The number of para-hydroxylation sites is 1. The van der Waals surface area contributed by atoms with Crippen LogP contribution in [0.15, 0.2) is 89.7 Å². The summed E-state index contributed by atoms with van der Waals surface area (Å²) < 4.78 is 2.09. The molecule has 4 heteroatoms. The SMILES string of the molecule is Cc1c(-c2cc(Cl)cc(Cl)c2)n(-c2ccccc2)c(-c2ccccc2)cc1=O. The summed E-state index contributed by atoms with van der Waals surface area (Å²) in [5.41, 5.74) is 4.91. The average Bonchev–Trinajstić information content (AvgIpc) is 2.70. The molecule has 1 heterocycles. The highest BCUT2D eigenvalue weighted by molar-refractivity contribution is 6.35. The third-order valence-corrected chi connectivity index (χ3v) is 5.11. The van der Waals surface area contributed by atoms with Crippen molar-refractivity contribution in [3.63, 3.8) is 0 Å². The van der Waals surface area contributed by atoms with Gasteiger partial charge in [0, 0.05) is 32.9 Å². The van der Waals surface area contributed by atoms with Gasteiger partial charge in [-0.1, -0.05) is 71.7 Å². The van der Waals surface area contributed by atoms with E-state index in [0.717, 1.165) is 28.2 Å². The summed E-state index contributed by atoms with van der Waals surface area (Å²) in [6.45, 7) is 1.83. The molecule has 0 aliphatic carbocycles. The molecule has 1 aromatic heterocycles. The van der Waals surface area contributed by atoms with Crippen LogP contribution < -0.4 is 5.43 Å². The van der Waals surface area contributed by atoms with Crippen molar-refractivity contribution < 1.29 is 0 Å². The molecule has 0 amide bonds. The number of rotatable bonds is 3.